The van der Waals surface area contributed by atoms with E-state index in [1.165, 1.54) is 19.2 Å². The number of ether oxygens (including phenoxy) is 1. The largest absolute Gasteiger partial charge is 0.449 e. The first-order valence-electron chi connectivity index (χ1n) is 6.57. The van der Waals surface area contributed by atoms with Gasteiger partial charge in [0.2, 0.25) is 0 Å². The maximum absolute atomic E-state index is 12.1. The number of amides is 1. The normalized spacial score (nSPS) is 14.1. The molecule has 0 aliphatic rings. The van der Waals surface area contributed by atoms with Crippen LogP contribution in [-0.4, -0.2) is 34.0 Å². The summed E-state index contributed by atoms with van der Waals surface area (Å²) in [6, 6.07) is 6.50. The number of nitrogens with one attached hydrogen (secondary N) is 1. The van der Waals surface area contributed by atoms with Crippen LogP contribution < -0.4 is 5.32 Å². The maximum atomic E-state index is 12.1. The molecular formula is C15H21NO4S. The number of esters is 1. The number of carbonyl (C=O) groups excluding carboxylic acids is 2. The smallest absolute Gasteiger partial charge is 0.340 e. The highest BCUT2D eigenvalue weighted by atomic mass is 32.2. The van der Waals surface area contributed by atoms with Crippen molar-refractivity contribution in [2.45, 2.75) is 44.2 Å². The molecule has 0 bridgehead atoms. The van der Waals surface area contributed by atoms with Crippen molar-refractivity contribution in [3.63, 3.8) is 0 Å². The van der Waals surface area contributed by atoms with Crippen LogP contribution in [-0.2, 0) is 20.3 Å². The second kappa shape index (κ2) is 6.85. The lowest BCUT2D eigenvalue weighted by Crippen LogP contribution is -2.46. The molecule has 1 aromatic rings. The standard InChI is InChI=1S/C15H21NO4S/c1-10(13(17)16-15(2,3)4)20-14(18)11-8-6-7-9-12(11)21(5)19/h6-10H,1-5H3,(H,16,17)/t10-,21+/m0/s1. The van der Waals surface area contributed by atoms with Gasteiger partial charge in [-0.15, -0.1) is 0 Å². The first-order chi connectivity index (χ1) is 9.61. The van der Waals surface area contributed by atoms with Gasteiger partial charge in [-0.2, -0.15) is 0 Å². The van der Waals surface area contributed by atoms with Crippen LogP contribution in [0.1, 0.15) is 38.1 Å². The predicted molar refractivity (Wildman–Crippen MR) is 81.5 cm³/mol. The van der Waals surface area contributed by atoms with Gasteiger partial charge in [0, 0.05) is 11.8 Å². The Hall–Kier alpha value is -1.69. The fraction of sp³-hybridized carbons (Fsp3) is 0.467. The van der Waals surface area contributed by atoms with E-state index in [2.05, 4.69) is 5.32 Å². The molecule has 0 aromatic heterocycles. The van der Waals surface area contributed by atoms with Crippen molar-refractivity contribution < 1.29 is 18.5 Å². The van der Waals surface area contributed by atoms with Crippen LogP contribution in [0.5, 0.6) is 0 Å². The van der Waals surface area contributed by atoms with E-state index in [4.69, 9.17) is 4.74 Å². The summed E-state index contributed by atoms with van der Waals surface area (Å²) < 4.78 is 16.8. The van der Waals surface area contributed by atoms with Crippen LogP contribution in [0.3, 0.4) is 0 Å². The van der Waals surface area contributed by atoms with Gasteiger partial charge in [-0.25, -0.2) is 4.79 Å². The quantitative estimate of drug-likeness (QED) is 0.862. The predicted octanol–water partition coefficient (Wildman–Crippen LogP) is 1.88. The van der Waals surface area contributed by atoms with Crippen LogP contribution >= 0.6 is 0 Å². The zero-order valence-corrected chi connectivity index (χ0v) is 13.7. The molecule has 0 radical (unpaired) electrons. The fourth-order valence-electron chi connectivity index (χ4n) is 1.63. The second-order valence-electron chi connectivity index (χ2n) is 5.74. The Kier molecular flexibility index (Phi) is 5.66. The third-order valence-electron chi connectivity index (χ3n) is 2.57. The van der Waals surface area contributed by atoms with Crippen molar-refractivity contribution in [3.05, 3.63) is 29.8 Å². The minimum absolute atomic E-state index is 0.216. The number of rotatable bonds is 4. The monoisotopic (exact) mass is 311 g/mol. The van der Waals surface area contributed by atoms with Gasteiger partial charge in [0.15, 0.2) is 6.10 Å². The second-order valence-corrected chi connectivity index (χ2v) is 7.09. The third kappa shape index (κ3) is 5.30. The van der Waals surface area contributed by atoms with E-state index in [9.17, 15) is 13.8 Å². The fourth-order valence-corrected chi connectivity index (χ4v) is 2.37. The van der Waals surface area contributed by atoms with Crippen LogP contribution in [0.4, 0.5) is 0 Å². The van der Waals surface area contributed by atoms with E-state index in [1.54, 1.807) is 18.2 Å². The Bertz CT molecular complexity index is 563. The minimum atomic E-state index is -1.30. The molecule has 0 saturated carbocycles. The Morgan fingerprint density at radius 3 is 2.33 bits per heavy atom. The summed E-state index contributed by atoms with van der Waals surface area (Å²) in [5, 5.41) is 2.74. The highest BCUT2D eigenvalue weighted by molar-refractivity contribution is 7.84. The van der Waals surface area contributed by atoms with Crippen LogP contribution in [0.2, 0.25) is 0 Å². The van der Waals surface area contributed by atoms with Gasteiger partial charge >= 0.3 is 5.97 Å². The summed E-state index contributed by atoms with van der Waals surface area (Å²) in [6.45, 7) is 7.03. The van der Waals surface area contributed by atoms with Gasteiger partial charge in [0.1, 0.15) is 0 Å². The first-order valence-corrected chi connectivity index (χ1v) is 8.13. The highest BCUT2D eigenvalue weighted by Crippen LogP contribution is 2.15. The van der Waals surface area contributed by atoms with Crippen molar-refractivity contribution in [1.29, 1.82) is 0 Å². The van der Waals surface area contributed by atoms with Crippen molar-refractivity contribution in [2.75, 3.05) is 6.26 Å². The Balaban J connectivity index is 2.82. The molecule has 0 heterocycles. The van der Waals surface area contributed by atoms with Gasteiger partial charge in [-0.3, -0.25) is 9.00 Å². The molecule has 2 atom stereocenters. The van der Waals surface area contributed by atoms with E-state index in [0.29, 0.717) is 4.90 Å². The van der Waals surface area contributed by atoms with Gasteiger partial charge < -0.3 is 10.1 Å². The minimum Gasteiger partial charge on any atom is -0.449 e. The zero-order chi connectivity index (χ0) is 16.2. The van der Waals surface area contributed by atoms with E-state index in [-0.39, 0.29) is 11.5 Å². The lowest BCUT2D eigenvalue weighted by molar-refractivity contribution is -0.130. The molecule has 5 nitrogen and oxygen atoms in total. The topological polar surface area (TPSA) is 72.5 Å². The molecule has 6 heteroatoms. The molecule has 0 saturated heterocycles. The number of carbonyl (C=O) groups is 2. The Labute approximate surface area is 127 Å². The summed E-state index contributed by atoms with van der Waals surface area (Å²) in [5.74, 6) is -1.02. The van der Waals surface area contributed by atoms with E-state index in [0.717, 1.165) is 0 Å². The first kappa shape index (κ1) is 17.4. The summed E-state index contributed by atoms with van der Waals surface area (Å²) in [5.41, 5.74) is -0.186. The van der Waals surface area contributed by atoms with E-state index < -0.39 is 28.4 Å². The van der Waals surface area contributed by atoms with Gasteiger partial charge in [0.05, 0.1) is 21.3 Å². The molecule has 0 spiro atoms. The molecular weight excluding hydrogens is 290 g/mol. The van der Waals surface area contributed by atoms with Crippen LogP contribution in [0.15, 0.2) is 29.2 Å². The SMILES string of the molecule is C[C@H](OC(=O)c1ccccc1[S@@](C)=O)C(=O)NC(C)(C)C. The third-order valence-corrected chi connectivity index (χ3v) is 3.54. The molecule has 0 aliphatic carbocycles. The highest BCUT2D eigenvalue weighted by Gasteiger charge is 2.24. The van der Waals surface area contributed by atoms with Crippen molar-refractivity contribution in [2.24, 2.45) is 0 Å². The molecule has 1 rings (SSSR count). The molecule has 1 aromatic carbocycles. The summed E-state index contributed by atoms with van der Waals surface area (Å²) in [6.07, 6.45) is 0.567. The molecule has 116 valence electrons. The molecule has 0 unspecified atom stereocenters. The average molecular weight is 311 g/mol. The van der Waals surface area contributed by atoms with E-state index in [1.807, 2.05) is 20.8 Å². The van der Waals surface area contributed by atoms with Crippen molar-refractivity contribution in [3.8, 4) is 0 Å². The summed E-state index contributed by atoms with van der Waals surface area (Å²) >= 11 is 0. The summed E-state index contributed by atoms with van der Waals surface area (Å²) in [4.78, 5) is 24.4. The van der Waals surface area contributed by atoms with Crippen molar-refractivity contribution in [1.82, 2.24) is 5.32 Å². The van der Waals surface area contributed by atoms with Crippen LogP contribution in [0, 0.1) is 0 Å². The molecule has 1 amide bonds. The van der Waals surface area contributed by atoms with Gasteiger partial charge in [-0.05, 0) is 39.8 Å². The van der Waals surface area contributed by atoms with Gasteiger partial charge in [0.25, 0.3) is 5.91 Å². The molecule has 1 N–H and O–H groups in total. The average Bonchev–Trinajstić information content (AvgIpc) is 2.36. The molecule has 21 heavy (non-hydrogen) atoms. The van der Waals surface area contributed by atoms with Gasteiger partial charge in [-0.1, -0.05) is 12.1 Å². The summed E-state index contributed by atoms with van der Waals surface area (Å²) in [7, 11) is -1.30. The lowest BCUT2D eigenvalue weighted by atomic mass is 10.1. The Morgan fingerprint density at radius 1 is 1.24 bits per heavy atom. The molecule has 0 aliphatic heterocycles. The maximum Gasteiger partial charge on any atom is 0.340 e. The number of hydrogen-bond acceptors (Lipinski definition) is 4. The van der Waals surface area contributed by atoms with E-state index >= 15 is 0 Å². The Morgan fingerprint density at radius 2 is 1.81 bits per heavy atom. The lowest BCUT2D eigenvalue weighted by Gasteiger charge is -2.23. The molecule has 0 fully saturated rings. The van der Waals surface area contributed by atoms with Crippen molar-refractivity contribution >= 4 is 22.7 Å². The van der Waals surface area contributed by atoms with Crippen LogP contribution in [0.25, 0.3) is 0 Å². The number of benzene rings is 1. The number of hydrogen-bond donors (Lipinski definition) is 1. The zero-order valence-electron chi connectivity index (χ0n) is 12.9.